The quantitative estimate of drug-likeness (QED) is 0.143. The minimum absolute atomic E-state index is 0.178. The summed E-state index contributed by atoms with van der Waals surface area (Å²) in [5.74, 6) is -1.31. The van der Waals surface area contributed by atoms with E-state index in [1.165, 1.54) is 23.3 Å². The zero-order valence-electron chi connectivity index (χ0n) is 19.7. The van der Waals surface area contributed by atoms with Crippen molar-refractivity contribution in [3.05, 3.63) is 110 Å². The van der Waals surface area contributed by atoms with Crippen LogP contribution in [0.15, 0.2) is 83.3 Å². The minimum atomic E-state index is -1.18. The molecule has 2 aliphatic rings. The molecule has 1 aromatic heterocycles. The van der Waals surface area contributed by atoms with Gasteiger partial charge in [-0.3, -0.25) is 24.5 Å². The second-order valence-corrected chi connectivity index (χ2v) is 10.2. The maximum Gasteiger partial charge on any atom is 0.271 e. The highest BCUT2D eigenvalue weighted by Gasteiger charge is 2.61. The van der Waals surface area contributed by atoms with Crippen LogP contribution in [-0.4, -0.2) is 22.8 Å². The van der Waals surface area contributed by atoms with Gasteiger partial charge in [0.2, 0.25) is 5.91 Å². The van der Waals surface area contributed by atoms with Crippen molar-refractivity contribution in [3.8, 4) is 11.3 Å². The lowest BCUT2D eigenvalue weighted by Crippen LogP contribution is -2.37. The monoisotopic (exact) mass is 583 g/mol. The van der Waals surface area contributed by atoms with Crippen LogP contribution in [-0.2, 0) is 14.4 Å². The van der Waals surface area contributed by atoms with E-state index in [-0.39, 0.29) is 11.4 Å². The van der Waals surface area contributed by atoms with E-state index >= 15 is 0 Å². The Labute approximate surface area is 236 Å². The number of hydroxylamine groups is 1. The predicted molar refractivity (Wildman–Crippen MR) is 145 cm³/mol. The van der Waals surface area contributed by atoms with Crippen LogP contribution >= 0.6 is 34.8 Å². The van der Waals surface area contributed by atoms with Crippen molar-refractivity contribution < 1.29 is 23.8 Å². The molecule has 0 radical (unpaired) electrons. The summed E-state index contributed by atoms with van der Waals surface area (Å²) in [6.07, 6.45) is -1.18. The molecule has 0 N–H and O–H groups in total. The summed E-state index contributed by atoms with van der Waals surface area (Å²) in [5, 5.41) is 13.9. The molecule has 3 aromatic carbocycles. The number of rotatable bonds is 5. The molecule has 0 aliphatic carbocycles. The number of fused-ring (bicyclic) bond motifs is 1. The number of carbonyl (C=O) groups excluding carboxylic acids is 2. The Kier molecular flexibility index (Phi) is 6.31. The van der Waals surface area contributed by atoms with Gasteiger partial charge in [-0.2, -0.15) is 0 Å². The van der Waals surface area contributed by atoms with Gasteiger partial charge in [0.05, 0.1) is 26.3 Å². The zero-order chi connectivity index (χ0) is 27.4. The maximum absolute atomic E-state index is 13.8. The van der Waals surface area contributed by atoms with Crippen molar-refractivity contribution >= 4 is 63.7 Å². The first-order valence-electron chi connectivity index (χ1n) is 11.6. The van der Waals surface area contributed by atoms with Gasteiger partial charge >= 0.3 is 0 Å². The molecule has 2 aliphatic heterocycles. The van der Waals surface area contributed by atoms with Gasteiger partial charge in [-0.05, 0) is 60.7 Å². The lowest BCUT2D eigenvalue weighted by atomic mass is 9.94. The van der Waals surface area contributed by atoms with E-state index in [4.69, 9.17) is 44.1 Å². The van der Waals surface area contributed by atoms with E-state index < -0.39 is 34.8 Å². The van der Waals surface area contributed by atoms with Crippen molar-refractivity contribution in [2.24, 2.45) is 5.92 Å². The van der Waals surface area contributed by atoms with E-state index in [0.29, 0.717) is 37.8 Å². The minimum Gasteiger partial charge on any atom is -0.459 e. The van der Waals surface area contributed by atoms with Gasteiger partial charge in [0.15, 0.2) is 6.10 Å². The van der Waals surface area contributed by atoms with Crippen LogP contribution < -0.4 is 9.96 Å². The number of hydrogen-bond acceptors (Lipinski definition) is 7. The van der Waals surface area contributed by atoms with Crippen molar-refractivity contribution in [2.45, 2.75) is 12.1 Å². The Morgan fingerprint density at radius 3 is 2.31 bits per heavy atom. The summed E-state index contributed by atoms with van der Waals surface area (Å²) < 4.78 is 6.17. The van der Waals surface area contributed by atoms with Crippen LogP contribution in [0.4, 0.5) is 17.1 Å². The van der Waals surface area contributed by atoms with Gasteiger partial charge in [0.25, 0.3) is 11.6 Å². The normalized spacial score (nSPS) is 20.5. The molecule has 12 heteroatoms. The van der Waals surface area contributed by atoms with Crippen LogP contribution in [0, 0.1) is 16.0 Å². The second-order valence-electron chi connectivity index (χ2n) is 8.92. The third-order valence-corrected chi connectivity index (χ3v) is 7.61. The van der Waals surface area contributed by atoms with E-state index in [1.807, 2.05) is 0 Å². The average Bonchev–Trinajstić information content (AvgIpc) is 3.62. The zero-order valence-corrected chi connectivity index (χ0v) is 21.9. The number of benzene rings is 3. The Morgan fingerprint density at radius 2 is 1.59 bits per heavy atom. The standard InChI is InChI=1S/C27H16Cl3N3O6/c28-15-5-7-16(8-6-15)31-26(34)23-24(22-11-10-21(38-22)14-4-9-19(29)20(30)12-14)32(39-25(23)27(31)35)17-2-1-3-18(13-17)33(36)37/h1-13,23-25H/t23-,24+,25+/m0/s1. The first-order chi connectivity index (χ1) is 18.7. The van der Waals surface area contributed by atoms with Crippen molar-refractivity contribution in [1.82, 2.24) is 0 Å². The van der Waals surface area contributed by atoms with Crippen LogP contribution in [0.3, 0.4) is 0 Å². The number of amides is 2. The number of halogens is 3. The average molecular weight is 585 g/mol. The molecule has 2 saturated heterocycles. The number of nitrogens with zero attached hydrogens (tertiary/aromatic N) is 3. The van der Waals surface area contributed by atoms with Gasteiger partial charge in [-0.15, -0.1) is 0 Å². The number of nitro groups is 1. The van der Waals surface area contributed by atoms with Gasteiger partial charge in [-0.1, -0.05) is 40.9 Å². The first-order valence-corrected chi connectivity index (χ1v) is 12.8. The number of carbonyl (C=O) groups is 2. The molecule has 9 nitrogen and oxygen atoms in total. The first kappa shape index (κ1) is 25.4. The number of imide groups is 1. The van der Waals surface area contributed by atoms with Crippen LogP contribution in [0.1, 0.15) is 11.8 Å². The van der Waals surface area contributed by atoms with E-state index in [9.17, 15) is 19.7 Å². The smallest absolute Gasteiger partial charge is 0.271 e. The number of nitro benzene ring substituents is 1. The van der Waals surface area contributed by atoms with Crippen LogP contribution in [0.25, 0.3) is 11.3 Å². The molecule has 6 rings (SSSR count). The van der Waals surface area contributed by atoms with Crippen molar-refractivity contribution in [3.63, 3.8) is 0 Å². The fourth-order valence-corrected chi connectivity index (χ4v) is 5.26. The second kappa shape index (κ2) is 9.69. The molecule has 196 valence electrons. The van der Waals surface area contributed by atoms with Crippen LogP contribution in [0.5, 0.6) is 0 Å². The Morgan fingerprint density at radius 1 is 0.821 bits per heavy atom. The third-order valence-electron chi connectivity index (χ3n) is 6.62. The van der Waals surface area contributed by atoms with Crippen LogP contribution in [0.2, 0.25) is 15.1 Å². The molecule has 39 heavy (non-hydrogen) atoms. The molecular formula is C27H16Cl3N3O6. The SMILES string of the molecule is O=C1[C@H]2[C@@H](c3ccc(-c4ccc(Cl)c(Cl)c4)o3)N(c3cccc([N+](=O)[O-])c3)O[C@H]2C(=O)N1c1ccc(Cl)cc1. The molecule has 0 bridgehead atoms. The Balaban J connectivity index is 1.43. The molecule has 4 aromatic rings. The molecule has 2 amide bonds. The number of hydrogen-bond donors (Lipinski definition) is 0. The highest BCUT2D eigenvalue weighted by molar-refractivity contribution is 6.42. The summed E-state index contributed by atoms with van der Waals surface area (Å²) in [6, 6.07) is 19.5. The van der Waals surface area contributed by atoms with E-state index in [1.54, 1.807) is 60.7 Å². The molecule has 2 fully saturated rings. The number of non-ortho nitro benzene ring substituents is 1. The summed E-state index contributed by atoms with van der Waals surface area (Å²) in [4.78, 5) is 45.2. The molecule has 0 spiro atoms. The predicted octanol–water partition coefficient (Wildman–Crippen LogP) is 6.87. The van der Waals surface area contributed by atoms with Gasteiger partial charge in [-0.25, -0.2) is 9.96 Å². The highest BCUT2D eigenvalue weighted by atomic mass is 35.5. The highest BCUT2D eigenvalue weighted by Crippen LogP contribution is 2.49. The third kappa shape index (κ3) is 4.33. The molecular weight excluding hydrogens is 569 g/mol. The van der Waals surface area contributed by atoms with Crippen molar-refractivity contribution in [2.75, 3.05) is 9.96 Å². The molecule has 3 atom stereocenters. The lowest BCUT2D eigenvalue weighted by Gasteiger charge is -2.27. The summed E-state index contributed by atoms with van der Waals surface area (Å²) in [5.41, 5.74) is 1.10. The van der Waals surface area contributed by atoms with E-state index in [2.05, 4.69) is 0 Å². The van der Waals surface area contributed by atoms with Gasteiger partial charge < -0.3 is 4.42 Å². The topological polar surface area (TPSA) is 106 Å². The molecule has 0 saturated carbocycles. The van der Waals surface area contributed by atoms with Crippen molar-refractivity contribution in [1.29, 1.82) is 0 Å². The Bertz CT molecular complexity index is 1640. The fraction of sp³-hybridized carbons (Fsp3) is 0.111. The van der Waals surface area contributed by atoms with Gasteiger partial charge in [0, 0.05) is 22.7 Å². The molecule has 0 unspecified atom stereocenters. The maximum atomic E-state index is 13.8. The summed E-state index contributed by atoms with van der Waals surface area (Å²) in [7, 11) is 0. The number of anilines is 2. The lowest BCUT2D eigenvalue weighted by molar-refractivity contribution is -0.384. The fourth-order valence-electron chi connectivity index (χ4n) is 4.83. The summed E-state index contributed by atoms with van der Waals surface area (Å²) >= 11 is 18.2. The molecule has 3 heterocycles. The Hall–Kier alpha value is -3.89. The summed E-state index contributed by atoms with van der Waals surface area (Å²) in [6.45, 7) is 0. The largest absolute Gasteiger partial charge is 0.459 e. The van der Waals surface area contributed by atoms with E-state index in [0.717, 1.165) is 4.90 Å². The number of furan rings is 1. The van der Waals surface area contributed by atoms with Gasteiger partial charge in [0.1, 0.15) is 23.5 Å².